The summed E-state index contributed by atoms with van der Waals surface area (Å²) in [5, 5.41) is 1.10. The Bertz CT molecular complexity index is 607. The Kier molecular flexibility index (Phi) is 1.93. The molecule has 1 heterocycles. The molecule has 0 saturated heterocycles. The van der Waals surface area contributed by atoms with Crippen molar-refractivity contribution in [3.63, 3.8) is 0 Å². The first kappa shape index (κ1) is 9.04. The van der Waals surface area contributed by atoms with Crippen molar-refractivity contribution >= 4 is 16.7 Å². The Balaban J connectivity index is 2.23. The minimum atomic E-state index is 0.738. The molecular weight excluding hydrogens is 198 g/mol. The van der Waals surface area contributed by atoms with Crippen LogP contribution in [-0.2, 0) is 0 Å². The number of para-hydroxylation sites is 2. The van der Waals surface area contributed by atoms with Gasteiger partial charge in [-0.25, -0.2) is 0 Å². The number of rotatable bonds is 1. The number of nitrogen functional groups attached to an aromatic ring is 1. The van der Waals surface area contributed by atoms with Crippen molar-refractivity contribution < 1.29 is 4.42 Å². The molecule has 0 unspecified atom stereocenters. The molecule has 16 heavy (non-hydrogen) atoms. The van der Waals surface area contributed by atoms with E-state index >= 15 is 0 Å². The highest BCUT2D eigenvalue weighted by molar-refractivity contribution is 5.85. The van der Waals surface area contributed by atoms with E-state index < -0.39 is 0 Å². The Labute approximate surface area is 93.3 Å². The Morgan fingerprint density at radius 1 is 0.875 bits per heavy atom. The van der Waals surface area contributed by atoms with Crippen molar-refractivity contribution in [1.82, 2.24) is 0 Å². The quantitative estimate of drug-likeness (QED) is 0.621. The van der Waals surface area contributed by atoms with Crippen molar-refractivity contribution in [2.75, 3.05) is 5.73 Å². The monoisotopic (exact) mass is 209 g/mol. The standard InChI is InChI=1S/C14H11NO/c15-12-7-3-2-6-11(12)14-9-10-5-1-4-8-13(10)16-14/h1-9H,15H2. The molecule has 0 saturated carbocycles. The first-order valence-corrected chi connectivity index (χ1v) is 5.18. The van der Waals surface area contributed by atoms with Crippen LogP contribution in [0.25, 0.3) is 22.3 Å². The first-order valence-electron chi connectivity index (χ1n) is 5.18. The molecule has 0 spiro atoms. The molecule has 0 aliphatic heterocycles. The average Bonchev–Trinajstić information content (AvgIpc) is 2.73. The molecule has 3 rings (SSSR count). The van der Waals surface area contributed by atoms with Gasteiger partial charge in [-0.1, -0.05) is 30.3 Å². The number of anilines is 1. The summed E-state index contributed by atoms with van der Waals surface area (Å²) in [6.45, 7) is 0. The predicted molar refractivity (Wildman–Crippen MR) is 66.1 cm³/mol. The van der Waals surface area contributed by atoms with Crippen molar-refractivity contribution in [3.8, 4) is 11.3 Å². The Morgan fingerprint density at radius 2 is 1.62 bits per heavy atom. The third-order valence-corrected chi connectivity index (χ3v) is 2.65. The number of benzene rings is 2. The molecule has 2 N–H and O–H groups in total. The lowest BCUT2D eigenvalue weighted by Gasteiger charge is -2.00. The normalized spacial score (nSPS) is 10.8. The molecule has 2 aromatic carbocycles. The van der Waals surface area contributed by atoms with Crippen molar-refractivity contribution in [3.05, 3.63) is 54.6 Å². The van der Waals surface area contributed by atoms with Crippen molar-refractivity contribution in [2.24, 2.45) is 0 Å². The topological polar surface area (TPSA) is 39.2 Å². The number of nitrogens with two attached hydrogens (primary N) is 1. The van der Waals surface area contributed by atoms with Gasteiger partial charge in [0.1, 0.15) is 11.3 Å². The lowest BCUT2D eigenvalue weighted by atomic mass is 10.1. The molecule has 2 nitrogen and oxygen atoms in total. The van der Waals surface area contributed by atoms with Gasteiger partial charge in [-0.05, 0) is 24.3 Å². The maximum absolute atomic E-state index is 5.91. The number of hydrogen-bond acceptors (Lipinski definition) is 2. The van der Waals surface area contributed by atoms with E-state index in [9.17, 15) is 0 Å². The molecule has 1 aromatic heterocycles. The summed E-state index contributed by atoms with van der Waals surface area (Å²) in [6.07, 6.45) is 0. The minimum absolute atomic E-state index is 0.738. The highest BCUT2D eigenvalue weighted by atomic mass is 16.3. The molecule has 0 aliphatic carbocycles. The van der Waals surface area contributed by atoms with Gasteiger partial charge in [0.05, 0.1) is 0 Å². The Hall–Kier alpha value is -2.22. The highest BCUT2D eigenvalue weighted by Crippen LogP contribution is 2.30. The number of fused-ring (bicyclic) bond motifs is 1. The molecule has 78 valence electrons. The van der Waals surface area contributed by atoms with Crippen LogP contribution in [0.5, 0.6) is 0 Å². The third-order valence-electron chi connectivity index (χ3n) is 2.65. The molecule has 0 aliphatic rings. The van der Waals surface area contributed by atoms with Gasteiger partial charge in [-0.15, -0.1) is 0 Å². The number of hydrogen-bond donors (Lipinski definition) is 1. The molecule has 0 amide bonds. The van der Waals surface area contributed by atoms with Gasteiger partial charge < -0.3 is 10.2 Å². The smallest absolute Gasteiger partial charge is 0.137 e. The van der Waals surface area contributed by atoms with Crippen molar-refractivity contribution in [2.45, 2.75) is 0 Å². The van der Waals surface area contributed by atoms with Crippen LogP contribution in [0, 0.1) is 0 Å². The fraction of sp³-hybridized carbons (Fsp3) is 0. The van der Waals surface area contributed by atoms with Gasteiger partial charge in [0, 0.05) is 16.6 Å². The van der Waals surface area contributed by atoms with Crippen LogP contribution in [0.4, 0.5) is 5.69 Å². The van der Waals surface area contributed by atoms with Crippen LogP contribution >= 0.6 is 0 Å². The minimum Gasteiger partial charge on any atom is -0.456 e. The van der Waals surface area contributed by atoms with Crippen LogP contribution in [0.1, 0.15) is 0 Å². The van der Waals surface area contributed by atoms with Gasteiger partial charge in [0.25, 0.3) is 0 Å². The predicted octanol–water partition coefficient (Wildman–Crippen LogP) is 3.68. The summed E-state index contributed by atoms with van der Waals surface area (Å²) in [5.74, 6) is 0.819. The zero-order valence-corrected chi connectivity index (χ0v) is 8.68. The molecule has 0 atom stereocenters. The summed E-state index contributed by atoms with van der Waals surface area (Å²) < 4.78 is 5.75. The van der Waals surface area contributed by atoms with E-state index in [1.165, 1.54) is 0 Å². The molecule has 0 fully saturated rings. The Morgan fingerprint density at radius 3 is 2.44 bits per heavy atom. The molecule has 0 bridgehead atoms. The summed E-state index contributed by atoms with van der Waals surface area (Å²) in [4.78, 5) is 0. The van der Waals surface area contributed by atoms with Crippen LogP contribution in [0.15, 0.2) is 59.0 Å². The van der Waals surface area contributed by atoms with Crippen LogP contribution < -0.4 is 5.73 Å². The maximum atomic E-state index is 5.91. The van der Waals surface area contributed by atoms with E-state index in [0.29, 0.717) is 0 Å². The lowest BCUT2D eigenvalue weighted by Crippen LogP contribution is -1.87. The van der Waals surface area contributed by atoms with Gasteiger partial charge in [0.15, 0.2) is 0 Å². The number of furan rings is 1. The van der Waals surface area contributed by atoms with E-state index in [1.807, 2.05) is 54.6 Å². The van der Waals surface area contributed by atoms with Gasteiger partial charge in [0.2, 0.25) is 0 Å². The summed E-state index contributed by atoms with van der Waals surface area (Å²) in [7, 11) is 0. The maximum Gasteiger partial charge on any atom is 0.137 e. The highest BCUT2D eigenvalue weighted by Gasteiger charge is 2.07. The molecule has 2 heteroatoms. The second kappa shape index (κ2) is 3.42. The van der Waals surface area contributed by atoms with E-state index in [0.717, 1.165) is 28.0 Å². The third kappa shape index (κ3) is 1.36. The van der Waals surface area contributed by atoms with E-state index in [-0.39, 0.29) is 0 Å². The van der Waals surface area contributed by atoms with Crippen molar-refractivity contribution in [1.29, 1.82) is 0 Å². The molecule has 3 aromatic rings. The molecular formula is C14H11NO. The summed E-state index contributed by atoms with van der Waals surface area (Å²) in [5.41, 5.74) is 8.48. The zero-order valence-electron chi connectivity index (χ0n) is 8.68. The van der Waals surface area contributed by atoms with E-state index in [4.69, 9.17) is 10.2 Å². The second-order valence-corrected chi connectivity index (χ2v) is 3.74. The zero-order chi connectivity index (χ0) is 11.0. The van der Waals surface area contributed by atoms with Gasteiger partial charge >= 0.3 is 0 Å². The van der Waals surface area contributed by atoms with Gasteiger partial charge in [-0.2, -0.15) is 0 Å². The largest absolute Gasteiger partial charge is 0.456 e. The average molecular weight is 209 g/mol. The lowest BCUT2D eigenvalue weighted by molar-refractivity contribution is 0.632. The second-order valence-electron chi connectivity index (χ2n) is 3.74. The van der Waals surface area contributed by atoms with Crippen LogP contribution in [-0.4, -0.2) is 0 Å². The fourth-order valence-corrected chi connectivity index (χ4v) is 1.84. The van der Waals surface area contributed by atoms with E-state index in [1.54, 1.807) is 0 Å². The first-order chi connectivity index (χ1) is 7.84. The molecule has 0 radical (unpaired) electrons. The van der Waals surface area contributed by atoms with Crippen LogP contribution in [0.3, 0.4) is 0 Å². The fourth-order valence-electron chi connectivity index (χ4n) is 1.84. The summed E-state index contributed by atoms with van der Waals surface area (Å²) in [6, 6.07) is 17.7. The SMILES string of the molecule is Nc1ccccc1-c1cc2ccccc2o1. The summed E-state index contributed by atoms with van der Waals surface area (Å²) >= 11 is 0. The van der Waals surface area contributed by atoms with E-state index in [2.05, 4.69) is 0 Å². The van der Waals surface area contributed by atoms with Gasteiger partial charge in [-0.3, -0.25) is 0 Å². The van der Waals surface area contributed by atoms with Crippen LogP contribution in [0.2, 0.25) is 0 Å².